The van der Waals surface area contributed by atoms with Crippen LogP contribution in [0, 0.1) is 5.41 Å². The fraction of sp³-hybridized carbons (Fsp3) is 0.462. The summed E-state index contributed by atoms with van der Waals surface area (Å²) in [6.07, 6.45) is 2.37. The molecule has 1 fully saturated rings. The van der Waals surface area contributed by atoms with E-state index in [-0.39, 0.29) is 11.4 Å². The molecule has 0 spiro atoms. The fourth-order valence-corrected chi connectivity index (χ4v) is 2.27. The Morgan fingerprint density at radius 1 is 1.41 bits per heavy atom. The molecule has 92 valence electrons. The summed E-state index contributed by atoms with van der Waals surface area (Å²) in [7, 11) is 3.04. The van der Waals surface area contributed by atoms with Gasteiger partial charge in [-0.2, -0.15) is 0 Å². The maximum atomic E-state index is 11.7. The lowest BCUT2D eigenvalue weighted by Gasteiger charge is -2.15. The van der Waals surface area contributed by atoms with Gasteiger partial charge in [-0.25, -0.2) is 0 Å². The summed E-state index contributed by atoms with van der Waals surface area (Å²) in [6, 6.07) is 5.45. The van der Waals surface area contributed by atoms with E-state index < -0.39 is 0 Å². The number of benzene rings is 1. The molecule has 0 heterocycles. The van der Waals surface area contributed by atoms with Crippen molar-refractivity contribution in [2.45, 2.75) is 19.3 Å². The van der Waals surface area contributed by atoms with Crippen molar-refractivity contribution in [1.29, 1.82) is 0 Å². The highest BCUT2D eigenvalue weighted by Crippen LogP contribution is 2.50. The number of hydrogen-bond acceptors (Lipinski definition) is 3. The Kier molecular flexibility index (Phi) is 3.29. The van der Waals surface area contributed by atoms with E-state index in [1.165, 1.54) is 7.11 Å². The van der Waals surface area contributed by atoms with E-state index in [4.69, 9.17) is 21.1 Å². The Morgan fingerprint density at radius 2 is 2.12 bits per heavy atom. The van der Waals surface area contributed by atoms with Gasteiger partial charge in [-0.3, -0.25) is 4.79 Å². The monoisotopic (exact) mass is 254 g/mol. The molecule has 1 aromatic rings. The summed E-state index contributed by atoms with van der Waals surface area (Å²) in [5.74, 6) is 0.629. The predicted molar refractivity (Wildman–Crippen MR) is 65.4 cm³/mol. The molecule has 2 rings (SSSR count). The first-order valence-electron chi connectivity index (χ1n) is 5.52. The lowest BCUT2D eigenvalue weighted by atomic mass is 9.96. The number of carbonyl (C=O) groups excluding carboxylic acids is 1. The summed E-state index contributed by atoms with van der Waals surface area (Å²) >= 11 is 5.96. The van der Waals surface area contributed by atoms with Crippen LogP contribution in [0.1, 0.15) is 18.4 Å². The van der Waals surface area contributed by atoms with Crippen LogP contribution in [-0.2, 0) is 16.0 Å². The van der Waals surface area contributed by atoms with Crippen molar-refractivity contribution in [3.63, 3.8) is 0 Å². The first-order chi connectivity index (χ1) is 8.11. The quantitative estimate of drug-likeness (QED) is 0.775. The van der Waals surface area contributed by atoms with E-state index in [0.717, 1.165) is 24.2 Å². The van der Waals surface area contributed by atoms with Gasteiger partial charge in [0.1, 0.15) is 5.75 Å². The molecule has 0 saturated heterocycles. The highest BCUT2D eigenvalue weighted by Gasteiger charge is 2.51. The van der Waals surface area contributed by atoms with Crippen LogP contribution < -0.4 is 4.74 Å². The van der Waals surface area contributed by atoms with Crippen molar-refractivity contribution in [3.8, 4) is 5.75 Å². The van der Waals surface area contributed by atoms with Gasteiger partial charge in [0.25, 0.3) is 0 Å². The van der Waals surface area contributed by atoms with E-state index in [2.05, 4.69) is 0 Å². The van der Waals surface area contributed by atoms with Crippen LogP contribution in [0.15, 0.2) is 18.2 Å². The van der Waals surface area contributed by atoms with Gasteiger partial charge >= 0.3 is 5.97 Å². The van der Waals surface area contributed by atoms with Crippen molar-refractivity contribution in [2.24, 2.45) is 5.41 Å². The van der Waals surface area contributed by atoms with E-state index in [1.807, 2.05) is 12.1 Å². The predicted octanol–water partition coefficient (Wildman–Crippen LogP) is 2.84. The molecule has 0 atom stereocenters. The van der Waals surface area contributed by atoms with Crippen molar-refractivity contribution >= 4 is 17.6 Å². The molecule has 0 aliphatic heterocycles. The highest BCUT2D eigenvalue weighted by molar-refractivity contribution is 6.30. The minimum absolute atomic E-state index is 0.139. The smallest absolute Gasteiger partial charge is 0.312 e. The van der Waals surface area contributed by atoms with E-state index in [0.29, 0.717) is 11.4 Å². The molecule has 4 heteroatoms. The molecule has 0 amide bonds. The number of hydrogen-bond donors (Lipinski definition) is 0. The average molecular weight is 255 g/mol. The second kappa shape index (κ2) is 4.57. The first kappa shape index (κ1) is 12.2. The third kappa shape index (κ3) is 2.39. The summed E-state index contributed by atoms with van der Waals surface area (Å²) in [4.78, 5) is 11.7. The minimum Gasteiger partial charge on any atom is -0.496 e. The number of halogens is 1. The second-order valence-electron chi connectivity index (χ2n) is 4.40. The molecular weight excluding hydrogens is 240 g/mol. The van der Waals surface area contributed by atoms with Crippen molar-refractivity contribution in [1.82, 2.24) is 0 Å². The Hall–Kier alpha value is -1.22. The van der Waals surface area contributed by atoms with Gasteiger partial charge < -0.3 is 9.47 Å². The zero-order chi connectivity index (χ0) is 12.5. The Labute approximate surface area is 106 Å². The van der Waals surface area contributed by atoms with Crippen LogP contribution >= 0.6 is 11.6 Å². The van der Waals surface area contributed by atoms with Gasteiger partial charge in [-0.1, -0.05) is 11.6 Å². The van der Waals surface area contributed by atoms with Gasteiger partial charge in [-0.15, -0.1) is 0 Å². The summed E-state index contributed by atoms with van der Waals surface area (Å²) in [6.45, 7) is 0. The van der Waals surface area contributed by atoms with Crippen LogP contribution in [-0.4, -0.2) is 20.2 Å². The van der Waals surface area contributed by atoms with Crippen molar-refractivity contribution in [3.05, 3.63) is 28.8 Å². The zero-order valence-electron chi connectivity index (χ0n) is 9.96. The van der Waals surface area contributed by atoms with E-state index in [9.17, 15) is 4.79 Å². The molecule has 0 bridgehead atoms. The van der Waals surface area contributed by atoms with Crippen LogP contribution in [0.3, 0.4) is 0 Å². The molecule has 17 heavy (non-hydrogen) atoms. The molecule has 0 aromatic heterocycles. The molecule has 1 aliphatic carbocycles. The third-order valence-electron chi connectivity index (χ3n) is 3.24. The van der Waals surface area contributed by atoms with E-state index >= 15 is 0 Å². The summed E-state index contributed by atoms with van der Waals surface area (Å²) in [5.41, 5.74) is 0.607. The molecule has 1 aromatic carbocycles. The van der Waals surface area contributed by atoms with Crippen molar-refractivity contribution < 1.29 is 14.3 Å². The molecule has 0 N–H and O–H groups in total. The summed E-state index contributed by atoms with van der Waals surface area (Å²) in [5, 5.41) is 0.654. The lowest BCUT2D eigenvalue weighted by Crippen LogP contribution is -2.20. The van der Waals surface area contributed by atoms with Gasteiger partial charge in [-0.05, 0) is 43.0 Å². The summed E-state index contributed by atoms with van der Waals surface area (Å²) < 4.78 is 10.1. The number of esters is 1. The van der Waals surface area contributed by atoms with Crippen molar-refractivity contribution in [2.75, 3.05) is 14.2 Å². The van der Waals surface area contributed by atoms with Gasteiger partial charge in [0, 0.05) is 5.02 Å². The standard InChI is InChI=1S/C13H15ClO3/c1-16-11-4-3-10(14)7-9(11)8-13(5-6-13)12(15)17-2/h3-4,7H,5-6,8H2,1-2H3. The Balaban J connectivity index is 2.24. The molecule has 0 unspecified atom stereocenters. The molecular formula is C13H15ClO3. The molecule has 1 aliphatic rings. The number of methoxy groups -OCH3 is 2. The molecule has 3 nitrogen and oxygen atoms in total. The van der Waals surface area contributed by atoms with Gasteiger partial charge in [0.15, 0.2) is 0 Å². The maximum Gasteiger partial charge on any atom is 0.312 e. The van der Waals surface area contributed by atoms with Crippen LogP contribution in [0.4, 0.5) is 0 Å². The Morgan fingerprint density at radius 3 is 2.65 bits per heavy atom. The SMILES string of the molecule is COC(=O)C1(Cc2cc(Cl)ccc2OC)CC1. The third-order valence-corrected chi connectivity index (χ3v) is 3.48. The van der Waals surface area contributed by atoms with Gasteiger partial charge in [0.2, 0.25) is 0 Å². The Bertz CT molecular complexity index is 438. The van der Waals surface area contributed by atoms with Gasteiger partial charge in [0.05, 0.1) is 19.6 Å². The largest absolute Gasteiger partial charge is 0.496 e. The lowest BCUT2D eigenvalue weighted by molar-refractivity contribution is -0.147. The number of rotatable bonds is 4. The van der Waals surface area contributed by atoms with E-state index in [1.54, 1.807) is 13.2 Å². The number of ether oxygens (including phenoxy) is 2. The fourth-order valence-electron chi connectivity index (χ4n) is 2.07. The number of carbonyl (C=O) groups is 1. The van der Waals surface area contributed by atoms with Crippen LogP contribution in [0.2, 0.25) is 5.02 Å². The normalized spacial score (nSPS) is 16.4. The second-order valence-corrected chi connectivity index (χ2v) is 4.84. The van der Waals surface area contributed by atoms with Crippen LogP contribution in [0.5, 0.6) is 5.75 Å². The average Bonchev–Trinajstić information content (AvgIpc) is 3.09. The maximum absolute atomic E-state index is 11.7. The zero-order valence-corrected chi connectivity index (χ0v) is 10.7. The molecule has 0 radical (unpaired) electrons. The topological polar surface area (TPSA) is 35.5 Å². The minimum atomic E-state index is -0.354. The molecule has 1 saturated carbocycles. The first-order valence-corrected chi connectivity index (χ1v) is 5.90. The van der Waals surface area contributed by atoms with Crippen LogP contribution in [0.25, 0.3) is 0 Å². The highest BCUT2D eigenvalue weighted by atomic mass is 35.5.